The van der Waals surface area contributed by atoms with Crippen LogP contribution in [0, 0.1) is 5.82 Å². The van der Waals surface area contributed by atoms with E-state index in [0.717, 1.165) is 5.56 Å². The van der Waals surface area contributed by atoms with Crippen LogP contribution in [-0.2, 0) is 5.75 Å². The van der Waals surface area contributed by atoms with Crippen molar-refractivity contribution in [2.75, 3.05) is 7.11 Å². The first-order chi connectivity index (χ1) is 10.7. The molecule has 114 valence electrons. The van der Waals surface area contributed by atoms with Crippen molar-refractivity contribution in [3.05, 3.63) is 65.5 Å². The zero-order chi connectivity index (χ0) is 15.8. The SMILES string of the molecule is COc1ccc(C=NN=C(N)SCc2ccccc2)c(F)c1. The molecule has 0 unspecified atom stereocenters. The molecule has 22 heavy (non-hydrogen) atoms. The van der Waals surface area contributed by atoms with Gasteiger partial charge in [-0.3, -0.25) is 0 Å². The van der Waals surface area contributed by atoms with Gasteiger partial charge in [0.25, 0.3) is 0 Å². The Balaban J connectivity index is 1.92. The maximum atomic E-state index is 13.7. The molecule has 2 rings (SSSR count). The molecule has 4 nitrogen and oxygen atoms in total. The normalized spacial score (nSPS) is 11.8. The molecule has 0 spiro atoms. The number of nitrogens with two attached hydrogens (primary N) is 1. The molecule has 0 atom stereocenters. The van der Waals surface area contributed by atoms with Crippen LogP contribution in [0.25, 0.3) is 0 Å². The molecule has 6 heteroatoms. The Hall–Kier alpha value is -2.34. The van der Waals surface area contributed by atoms with Crippen molar-refractivity contribution in [2.45, 2.75) is 5.75 Å². The van der Waals surface area contributed by atoms with Crippen LogP contribution < -0.4 is 10.5 Å². The predicted octanol–water partition coefficient (Wildman–Crippen LogP) is 3.42. The number of rotatable bonds is 5. The zero-order valence-corrected chi connectivity index (χ0v) is 12.9. The minimum absolute atomic E-state index is 0.324. The summed E-state index contributed by atoms with van der Waals surface area (Å²) in [4.78, 5) is 0. The standard InChI is InChI=1S/C16H16FN3OS/c1-21-14-8-7-13(15(17)9-14)10-19-20-16(18)22-11-12-5-3-2-4-6-12/h2-10H,11H2,1H3,(H2,18,20). The molecule has 0 aliphatic carbocycles. The van der Waals surface area contributed by atoms with Gasteiger partial charge in [0.15, 0.2) is 5.17 Å². The van der Waals surface area contributed by atoms with Gasteiger partial charge in [0.05, 0.1) is 13.3 Å². The maximum absolute atomic E-state index is 13.7. The highest BCUT2D eigenvalue weighted by atomic mass is 32.2. The van der Waals surface area contributed by atoms with Gasteiger partial charge in [-0.2, -0.15) is 5.10 Å². The largest absolute Gasteiger partial charge is 0.497 e. The van der Waals surface area contributed by atoms with Crippen LogP contribution in [0.1, 0.15) is 11.1 Å². The summed E-state index contributed by atoms with van der Waals surface area (Å²) in [7, 11) is 1.48. The highest BCUT2D eigenvalue weighted by molar-refractivity contribution is 8.13. The first-order valence-corrected chi connectivity index (χ1v) is 7.54. The van der Waals surface area contributed by atoms with Crippen molar-refractivity contribution < 1.29 is 9.13 Å². The lowest BCUT2D eigenvalue weighted by molar-refractivity contribution is 0.411. The van der Waals surface area contributed by atoms with E-state index >= 15 is 0 Å². The zero-order valence-electron chi connectivity index (χ0n) is 12.1. The third-order valence-electron chi connectivity index (χ3n) is 2.79. The minimum Gasteiger partial charge on any atom is -0.497 e. The van der Waals surface area contributed by atoms with Crippen molar-refractivity contribution in [2.24, 2.45) is 15.9 Å². The summed E-state index contributed by atoms with van der Waals surface area (Å²) in [6, 6.07) is 14.4. The van der Waals surface area contributed by atoms with Crippen LogP contribution in [0.4, 0.5) is 4.39 Å². The third-order valence-corrected chi connectivity index (χ3v) is 3.65. The Morgan fingerprint density at radius 1 is 1.27 bits per heavy atom. The molecular weight excluding hydrogens is 301 g/mol. The highest BCUT2D eigenvalue weighted by Crippen LogP contribution is 2.15. The molecule has 0 aromatic heterocycles. The van der Waals surface area contributed by atoms with E-state index in [1.54, 1.807) is 12.1 Å². The summed E-state index contributed by atoms with van der Waals surface area (Å²) < 4.78 is 18.6. The Kier molecular flexibility index (Phi) is 5.97. The fourth-order valence-corrected chi connectivity index (χ4v) is 2.26. The van der Waals surface area contributed by atoms with Crippen LogP contribution in [0.2, 0.25) is 0 Å². The molecule has 2 N–H and O–H groups in total. The minimum atomic E-state index is -0.422. The fourth-order valence-electron chi connectivity index (χ4n) is 1.65. The summed E-state index contributed by atoms with van der Waals surface area (Å²) >= 11 is 1.38. The van der Waals surface area contributed by atoms with Gasteiger partial charge < -0.3 is 10.5 Å². The van der Waals surface area contributed by atoms with Crippen molar-refractivity contribution in [3.63, 3.8) is 0 Å². The quantitative estimate of drug-likeness (QED) is 0.522. The molecule has 0 saturated carbocycles. The van der Waals surface area contributed by atoms with Crippen LogP contribution in [0.15, 0.2) is 58.7 Å². The molecule has 0 radical (unpaired) electrons. The first kappa shape index (κ1) is 16.0. The van der Waals surface area contributed by atoms with E-state index in [1.165, 1.54) is 31.2 Å². The summed E-state index contributed by atoms with van der Waals surface area (Å²) in [5.41, 5.74) is 7.23. The van der Waals surface area contributed by atoms with E-state index in [4.69, 9.17) is 10.5 Å². The third kappa shape index (κ3) is 4.89. The van der Waals surface area contributed by atoms with Gasteiger partial charge >= 0.3 is 0 Å². The van der Waals surface area contributed by atoms with Crippen molar-refractivity contribution >= 4 is 23.1 Å². The monoisotopic (exact) mass is 317 g/mol. The number of ether oxygens (including phenoxy) is 1. The molecule has 0 heterocycles. The molecule has 0 bridgehead atoms. The lowest BCUT2D eigenvalue weighted by Gasteiger charge is -2.01. The molecular formula is C16H16FN3OS. The van der Waals surface area contributed by atoms with E-state index in [-0.39, 0.29) is 0 Å². The average molecular weight is 317 g/mol. The molecule has 0 saturated heterocycles. The topological polar surface area (TPSA) is 60.0 Å². The number of hydrogen-bond donors (Lipinski definition) is 1. The first-order valence-electron chi connectivity index (χ1n) is 6.56. The average Bonchev–Trinajstić information content (AvgIpc) is 2.55. The van der Waals surface area contributed by atoms with E-state index in [2.05, 4.69) is 10.2 Å². The highest BCUT2D eigenvalue weighted by Gasteiger charge is 2.01. The predicted molar refractivity (Wildman–Crippen MR) is 89.9 cm³/mol. The van der Waals surface area contributed by atoms with Gasteiger partial charge in [-0.25, -0.2) is 4.39 Å². The van der Waals surface area contributed by atoms with E-state index in [0.29, 0.717) is 22.2 Å². The van der Waals surface area contributed by atoms with Gasteiger partial charge in [-0.15, -0.1) is 5.10 Å². The number of methoxy groups -OCH3 is 1. The van der Waals surface area contributed by atoms with E-state index < -0.39 is 5.82 Å². The van der Waals surface area contributed by atoms with Gasteiger partial charge in [-0.05, 0) is 17.7 Å². The molecule has 0 amide bonds. The number of amidine groups is 1. The van der Waals surface area contributed by atoms with Gasteiger partial charge in [0.2, 0.25) is 0 Å². The number of hydrogen-bond acceptors (Lipinski definition) is 4. The number of nitrogens with zero attached hydrogens (tertiary/aromatic N) is 2. The number of halogens is 1. The molecule has 0 fully saturated rings. The number of thioether (sulfide) groups is 1. The van der Waals surface area contributed by atoms with Crippen LogP contribution in [0.5, 0.6) is 5.75 Å². The lowest BCUT2D eigenvalue weighted by atomic mass is 10.2. The second-order valence-electron chi connectivity index (χ2n) is 4.34. The van der Waals surface area contributed by atoms with Crippen molar-refractivity contribution in [1.82, 2.24) is 0 Å². The lowest BCUT2D eigenvalue weighted by Crippen LogP contribution is -2.06. The fraction of sp³-hybridized carbons (Fsp3) is 0.125. The van der Waals surface area contributed by atoms with Gasteiger partial charge in [0.1, 0.15) is 11.6 Å². The molecule has 0 aliphatic rings. The summed E-state index contributed by atoms with van der Waals surface area (Å²) in [5, 5.41) is 7.98. The maximum Gasteiger partial charge on any atom is 0.180 e. The van der Waals surface area contributed by atoms with Crippen LogP contribution in [0.3, 0.4) is 0 Å². The summed E-state index contributed by atoms with van der Waals surface area (Å²) in [6.07, 6.45) is 1.32. The Bertz CT molecular complexity index is 674. The van der Waals surface area contributed by atoms with Crippen LogP contribution in [-0.4, -0.2) is 18.5 Å². The second kappa shape index (κ2) is 8.19. The Labute approximate surface area is 132 Å². The number of benzene rings is 2. The molecule has 0 aliphatic heterocycles. The second-order valence-corrected chi connectivity index (χ2v) is 5.34. The van der Waals surface area contributed by atoms with E-state index in [1.807, 2.05) is 30.3 Å². The summed E-state index contributed by atoms with van der Waals surface area (Å²) in [6.45, 7) is 0. The van der Waals surface area contributed by atoms with Crippen molar-refractivity contribution in [3.8, 4) is 5.75 Å². The van der Waals surface area contributed by atoms with Gasteiger partial charge in [-0.1, -0.05) is 42.1 Å². The summed E-state index contributed by atoms with van der Waals surface area (Å²) in [5.74, 6) is 0.743. The van der Waals surface area contributed by atoms with E-state index in [9.17, 15) is 4.39 Å². The Morgan fingerprint density at radius 2 is 2.05 bits per heavy atom. The van der Waals surface area contributed by atoms with Crippen molar-refractivity contribution in [1.29, 1.82) is 0 Å². The Morgan fingerprint density at radius 3 is 2.73 bits per heavy atom. The smallest absolute Gasteiger partial charge is 0.180 e. The van der Waals surface area contributed by atoms with Crippen LogP contribution >= 0.6 is 11.8 Å². The molecule has 2 aromatic carbocycles. The van der Waals surface area contributed by atoms with Gasteiger partial charge in [0, 0.05) is 17.4 Å². The molecule has 2 aromatic rings.